The summed E-state index contributed by atoms with van der Waals surface area (Å²) in [6.45, 7) is 8.84. The van der Waals surface area contributed by atoms with Crippen LogP contribution in [0.3, 0.4) is 0 Å². The van der Waals surface area contributed by atoms with Crippen molar-refractivity contribution in [1.82, 2.24) is 10.2 Å². The molecular weight excluding hydrogens is 512 g/mol. The smallest absolute Gasteiger partial charge is 0.347 e. The summed E-state index contributed by atoms with van der Waals surface area (Å²) in [7, 11) is 0. The highest BCUT2D eigenvalue weighted by atomic mass is 35.5. The molecule has 7 heteroatoms. The molecule has 39 heavy (non-hydrogen) atoms. The average Bonchev–Trinajstić information content (AvgIpc) is 3.38. The van der Waals surface area contributed by atoms with Crippen LogP contribution in [0.5, 0.6) is 11.5 Å². The number of hydrogen-bond acceptors (Lipinski definition) is 6. The van der Waals surface area contributed by atoms with Crippen LogP contribution in [0.25, 0.3) is 0 Å². The summed E-state index contributed by atoms with van der Waals surface area (Å²) >= 11 is 6.00. The van der Waals surface area contributed by atoms with Gasteiger partial charge in [-0.3, -0.25) is 4.90 Å². The van der Waals surface area contributed by atoms with Gasteiger partial charge in [-0.1, -0.05) is 48.0 Å². The maximum Gasteiger partial charge on any atom is 0.347 e. The fraction of sp³-hybridized carbons (Fsp3) is 0.406. The molecule has 0 aromatic heterocycles. The van der Waals surface area contributed by atoms with Crippen molar-refractivity contribution in [3.63, 3.8) is 0 Å². The van der Waals surface area contributed by atoms with Gasteiger partial charge in [0.15, 0.2) is 6.10 Å². The number of carbonyl (C=O) groups is 1. The lowest BCUT2D eigenvalue weighted by atomic mass is 10.1. The third-order valence-electron chi connectivity index (χ3n) is 7.50. The highest BCUT2D eigenvalue weighted by Gasteiger charge is 2.55. The quantitative estimate of drug-likeness (QED) is 0.231. The lowest BCUT2D eigenvalue weighted by Gasteiger charge is -2.20. The van der Waals surface area contributed by atoms with Crippen molar-refractivity contribution >= 4 is 17.6 Å². The van der Waals surface area contributed by atoms with Crippen LogP contribution in [-0.4, -0.2) is 55.9 Å². The van der Waals surface area contributed by atoms with Gasteiger partial charge in [-0.25, -0.2) is 4.79 Å². The molecule has 1 heterocycles. The van der Waals surface area contributed by atoms with Crippen LogP contribution in [-0.2, 0) is 22.5 Å². The molecule has 3 aromatic rings. The Kier molecular flexibility index (Phi) is 9.07. The SMILES string of the molecule is CCOC(=O)[C@H](Cc1ccc(OCCNC2[C@H]3CN(Cc4ccc(Cl)cc4)C[C@@H]23)cc1)Oc1cccc(C)c1. The molecule has 1 unspecified atom stereocenters. The first kappa shape index (κ1) is 27.5. The Morgan fingerprint density at radius 1 is 1.00 bits per heavy atom. The van der Waals surface area contributed by atoms with E-state index in [1.54, 1.807) is 6.92 Å². The summed E-state index contributed by atoms with van der Waals surface area (Å²) in [5.41, 5.74) is 3.38. The molecule has 1 N–H and O–H groups in total. The fourth-order valence-corrected chi connectivity index (χ4v) is 5.61. The van der Waals surface area contributed by atoms with E-state index in [1.807, 2.05) is 67.6 Å². The van der Waals surface area contributed by atoms with Gasteiger partial charge in [-0.05, 0) is 78.8 Å². The van der Waals surface area contributed by atoms with Crippen LogP contribution in [0.2, 0.25) is 5.02 Å². The third-order valence-corrected chi connectivity index (χ3v) is 7.75. The van der Waals surface area contributed by atoms with Crippen molar-refractivity contribution in [1.29, 1.82) is 0 Å². The number of esters is 1. The molecule has 206 valence electrons. The molecule has 0 radical (unpaired) electrons. The maximum atomic E-state index is 12.5. The van der Waals surface area contributed by atoms with E-state index in [2.05, 4.69) is 22.3 Å². The molecule has 1 aliphatic heterocycles. The summed E-state index contributed by atoms with van der Waals surface area (Å²) in [6, 6.07) is 24.3. The zero-order chi connectivity index (χ0) is 27.2. The number of nitrogens with one attached hydrogen (secondary N) is 1. The van der Waals surface area contributed by atoms with Gasteiger partial charge in [0, 0.05) is 43.7 Å². The molecule has 6 nitrogen and oxygen atoms in total. The van der Waals surface area contributed by atoms with E-state index in [1.165, 1.54) is 5.56 Å². The average molecular weight is 549 g/mol. The van der Waals surface area contributed by atoms with E-state index in [9.17, 15) is 4.79 Å². The number of ether oxygens (including phenoxy) is 3. The van der Waals surface area contributed by atoms with Crippen molar-refractivity contribution in [2.24, 2.45) is 11.8 Å². The molecule has 5 rings (SSSR count). The number of nitrogens with zero attached hydrogens (tertiary/aromatic N) is 1. The molecule has 3 aromatic carbocycles. The van der Waals surface area contributed by atoms with Crippen molar-refractivity contribution in [2.75, 3.05) is 32.8 Å². The molecule has 0 amide bonds. The van der Waals surface area contributed by atoms with E-state index in [4.69, 9.17) is 25.8 Å². The molecule has 0 spiro atoms. The van der Waals surface area contributed by atoms with Crippen LogP contribution in [0, 0.1) is 18.8 Å². The first-order valence-electron chi connectivity index (χ1n) is 13.8. The second kappa shape index (κ2) is 12.9. The topological polar surface area (TPSA) is 60.0 Å². The van der Waals surface area contributed by atoms with Gasteiger partial charge in [-0.15, -0.1) is 0 Å². The van der Waals surface area contributed by atoms with Crippen LogP contribution in [0.15, 0.2) is 72.8 Å². The number of fused-ring (bicyclic) bond motifs is 1. The normalized spacial score (nSPS) is 20.7. The van der Waals surface area contributed by atoms with Crippen LogP contribution in [0.1, 0.15) is 23.6 Å². The monoisotopic (exact) mass is 548 g/mol. The molecular formula is C32H37ClN2O4. The first-order chi connectivity index (χ1) is 19.0. The summed E-state index contributed by atoms with van der Waals surface area (Å²) in [5.74, 6) is 2.60. The second-order valence-electron chi connectivity index (χ2n) is 10.5. The first-order valence-corrected chi connectivity index (χ1v) is 14.2. The van der Waals surface area contributed by atoms with E-state index in [-0.39, 0.29) is 5.97 Å². The molecule has 0 bridgehead atoms. The van der Waals surface area contributed by atoms with Crippen LogP contribution in [0.4, 0.5) is 0 Å². The number of rotatable bonds is 13. The highest BCUT2D eigenvalue weighted by molar-refractivity contribution is 6.30. The maximum absolute atomic E-state index is 12.5. The zero-order valence-corrected chi connectivity index (χ0v) is 23.4. The Morgan fingerprint density at radius 3 is 2.41 bits per heavy atom. The minimum atomic E-state index is -0.706. The van der Waals surface area contributed by atoms with Gasteiger partial charge in [0.25, 0.3) is 0 Å². The van der Waals surface area contributed by atoms with E-state index in [0.29, 0.717) is 31.4 Å². The number of hydrogen-bond donors (Lipinski definition) is 1. The number of benzene rings is 3. The highest BCUT2D eigenvalue weighted by Crippen LogP contribution is 2.45. The van der Waals surface area contributed by atoms with Gasteiger partial charge in [0.1, 0.15) is 18.1 Å². The summed E-state index contributed by atoms with van der Waals surface area (Å²) in [6.07, 6.45) is -0.281. The lowest BCUT2D eigenvalue weighted by Crippen LogP contribution is -2.33. The fourth-order valence-electron chi connectivity index (χ4n) is 5.49. The lowest BCUT2D eigenvalue weighted by molar-refractivity contribution is -0.151. The number of halogens is 1. The Bertz CT molecular complexity index is 1220. The Morgan fingerprint density at radius 2 is 1.72 bits per heavy atom. The van der Waals surface area contributed by atoms with Gasteiger partial charge in [0.05, 0.1) is 6.61 Å². The van der Waals surface area contributed by atoms with Crippen molar-refractivity contribution in [2.45, 2.75) is 39.0 Å². The van der Waals surface area contributed by atoms with E-state index >= 15 is 0 Å². The standard InChI is InChI=1S/C32H37ClN2O4/c1-3-37-32(36)30(39-27-6-4-5-22(2)17-27)18-23-9-13-26(14-10-23)38-16-15-34-31-28-20-35(21-29(28)31)19-24-7-11-25(33)12-8-24/h4-14,17,28-31,34H,3,15-16,18-21H2,1-2H3/t28-,29+,30-,31?/m0/s1. The van der Waals surface area contributed by atoms with Crippen molar-refractivity contribution in [3.05, 3.63) is 94.5 Å². The van der Waals surface area contributed by atoms with E-state index in [0.717, 1.165) is 59.9 Å². The Balaban J connectivity index is 1.02. The number of likely N-dealkylation sites (tertiary alicyclic amines) is 1. The largest absolute Gasteiger partial charge is 0.492 e. The molecule has 1 saturated carbocycles. The van der Waals surface area contributed by atoms with Crippen LogP contribution >= 0.6 is 11.6 Å². The third kappa shape index (κ3) is 7.53. The predicted octanol–water partition coefficient (Wildman–Crippen LogP) is 5.30. The van der Waals surface area contributed by atoms with Gasteiger partial charge in [-0.2, -0.15) is 0 Å². The minimum absolute atomic E-state index is 0.317. The summed E-state index contributed by atoms with van der Waals surface area (Å²) in [5, 5.41) is 4.46. The van der Waals surface area contributed by atoms with Gasteiger partial charge >= 0.3 is 5.97 Å². The molecule has 2 aliphatic rings. The Labute approximate surface area is 236 Å². The Hall–Kier alpha value is -3.06. The number of carbonyl (C=O) groups excluding carboxylic acids is 1. The second-order valence-corrected chi connectivity index (χ2v) is 10.9. The number of piperidine rings is 1. The molecule has 1 saturated heterocycles. The summed E-state index contributed by atoms with van der Waals surface area (Å²) in [4.78, 5) is 15.1. The molecule has 4 atom stereocenters. The summed E-state index contributed by atoms with van der Waals surface area (Å²) < 4.78 is 17.2. The van der Waals surface area contributed by atoms with E-state index < -0.39 is 6.10 Å². The molecule has 2 fully saturated rings. The van der Waals surface area contributed by atoms with Gasteiger partial charge < -0.3 is 19.5 Å². The van der Waals surface area contributed by atoms with Gasteiger partial charge in [0.2, 0.25) is 0 Å². The molecule has 1 aliphatic carbocycles. The minimum Gasteiger partial charge on any atom is -0.492 e. The predicted molar refractivity (Wildman–Crippen MR) is 153 cm³/mol. The van der Waals surface area contributed by atoms with Crippen molar-refractivity contribution in [3.8, 4) is 11.5 Å². The van der Waals surface area contributed by atoms with Crippen molar-refractivity contribution < 1.29 is 19.0 Å². The number of aryl methyl sites for hydroxylation is 1. The zero-order valence-electron chi connectivity index (χ0n) is 22.6. The van der Waals surface area contributed by atoms with Crippen LogP contribution < -0.4 is 14.8 Å².